The fraction of sp³-hybridized carbons (Fsp3) is 0.222. The van der Waals surface area contributed by atoms with Crippen LogP contribution in [0.5, 0.6) is 0 Å². The molecule has 2 N–H and O–H groups in total. The van der Waals surface area contributed by atoms with Gasteiger partial charge in [-0.1, -0.05) is 29.3 Å². The van der Waals surface area contributed by atoms with Gasteiger partial charge in [-0.15, -0.1) is 0 Å². The molecule has 76 valence electrons. The average molecular weight is 235 g/mol. The van der Waals surface area contributed by atoms with Crippen LogP contribution in [0.1, 0.15) is 17.2 Å². The topological polar surface area (TPSA) is 57.5 Å². The Morgan fingerprint density at radius 1 is 1.43 bits per heavy atom. The number of rotatable bonds is 2. The van der Waals surface area contributed by atoms with E-state index in [-0.39, 0.29) is 10.6 Å². The molecular formula is C9H8Cl2O3. The number of aliphatic carboxylic acids is 1. The van der Waals surface area contributed by atoms with Crippen LogP contribution in [0.25, 0.3) is 0 Å². The Kier molecular flexibility index (Phi) is 3.37. The lowest BCUT2D eigenvalue weighted by molar-refractivity contribution is -0.147. The first-order chi connectivity index (χ1) is 6.45. The first-order valence-corrected chi connectivity index (χ1v) is 4.56. The van der Waals surface area contributed by atoms with Crippen molar-refractivity contribution >= 4 is 29.2 Å². The SMILES string of the molecule is Cc1c([C@H](O)C(=O)O)ccc(Cl)c1Cl. The van der Waals surface area contributed by atoms with Gasteiger partial charge in [-0.25, -0.2) is 4.79 Å². The second-order valence-corrected chi connectivity index (χ2v) is 3.60. The van der Waals surface area contributed by atoms with Gasteiger partial charge in [0.25, 0.3) is 0 Å². The van der Waals surface area contributed by atoms with Crippen LogP contribution >= 0.6 is 23.2 Å². The van der Waals surface area contributed by atoms with E-state index in [0.717, 1.165) is 0 Å². The molecule has 1 aromatic rings. The van der Waals surface area contributed by atoms with Gasteiger partial charge in [-0.05, 0) is 24.1 Å². The summed E-state index contributed by atoms with van der Waals surface area (Å²) in [5.41, 5.74) is 0.737. The van der Waals surface area contributed by atoms with Crippen molar-refractivity contribution in [2.24, 2.45) is 0 Å². The third kappa shape index (κ3) is 2.00. The molecule has 0 saturated carbocycles. The largest absolute Gasteiger partial charge is 0.479 e. The van der Waals surface area contributed by atoms with Crippen molar-refractivity contribution in [2.75, 3.05) is 0 Å². The van der Waals surface area contributed by atoms with Gasteiger partial charge >= 0.3 is 5.97 Å². The fourth-order valence-corrected chi connectivity index (χ4v) is 1.47. The summed E-state index contributed by atoms with van der Waals surface area (Å²) in [4.78, 5) is 10.5. The van der Waals surface area contributed by atoms with E-state index in [0.29, 0.717) is 10.6 Å². The molecule has 1 aromatic carbocycles. The van der Waals surface area contributed by atoms with Crippen molar-refractivity contribution in [1.82, 2.24) is 0 Å². The number of hydrogen-bond donors (Lipinski definition) is 2. The molecule has 0 unspecified atom stereocenters. The van der Waals surface area contributed by atoms with Crippen LogP contribution in [0.4, 0.5) is 0 Å². The molecule has 0 amide bonds. The monoisotopic (exact) mass is 234 g/mol. The Morgan fingerprint density at radius 2 is 2.00 bits per heavy atom. The number of carbonyl (C=O) groups is 1. The highest BCUT2D eigenvalue weighted by Gasteiger charge is 2.19. The quantitative estimate of drug-likeness (QED) is 0.827. The zero-order valence-corrected chi connectivity index (χ0v) is 8.80. The molecule has 0 aliphatic rings. The summed E-state index contributed by atoms with van der Waals surface area (Å²) in [5.74, 6) is -1.31. The van der Waals surface area contributed by atoms with Crippen molar-refractivity contribution in [1.29, 1.82) is 0 Å². The fourth-order valence-electron chi connectivity index (χ4n) is 1.10. The zero-order chi connectivity index (χ0) is 10.9. The molecule has 0 saturated heterocycles. The summed E-state index contributed by atoms with van der Waals surface area (Å²) in [6.45, 7) is 1.61. The maximum atomic E-state index is 10.5. The van der Waals surface area contributed by atoms with E-state index in [4.69, 9.17) is 28.3 Å². The Hall–Kier alpha value is -0.770. The van der Waals surface area contributed by atoms with Crippen LogP contribution < -0.4 is 0 Å². The van der Waals surface area contributed by atoms with Crippen LogP contribution in [0.2, 0.25) is 10.0 Å². The van der Waals surface area contributed by atoms with E-state index in [2.05, 4.69) is 0 Å². The summed E-state index contributed by atoms with van der Waals surface area (Å²) >= 11 is 11.5. The molecule has 14 heavy (non-hydrogen) atoms. The first-order valence-electron chi connectivity index (χ1n) is 3.80. The Balaban J connectivity index is 3.24. The third-order valence-corrected chi connectivity index (χ3v) is 2.81. The summed E-state index contributed by atoms with van der Waals surface area (Å²) < 4.78 is 0. The number of aliphatic hydroxyl groups is 1. The second kappa shape index (κ2) is 4.17. The predicted molar refractivity (Wildman–Crippen MR) is 53.8 cm³/mol. The molecule has 0 aromatic heterocycles. The number of benzene rings is 1. The predicted octanol–water partition coefficient (Wildman–Crippen LogP) is 2.42. The lowest BCUT2D eigenvalue weighted by Gasteiger charge is -2.11. The van der Waals surface area contributed by atoms with Gasteiger partial charge in [0, 0.05) is 0 Å². The lowest BCUT2D eigenvalue weighted by atomic mass is 10.0. The van der Waals surface area contributed by atoms with E-state index in [1.807, 2.05) is 0 Å². The van der Waals surface area contributed by atoms with E-state index in [1.54, 1.807) is 6.92 Å². The van der Waals surface area contributed by atoms with E-state index < -0.39 is 12.1 Å². The van der Waals surface area contributed by atoms with Crippen LogP contribution in [-0.4, -0.2) is 16.2 Å². The molecule has 1 atom stereocenters. The standard InChI is InChI=1S/C9H8Cl2O3/c1-4-5(8(12)9(13)14)2-3-6(10)7(4)11/h2-3,8,12H,1H3,(H,13,14)/t8-/m0/s1. The molecule has 0 radical (unpaired) electrons. The molecule has 0 heterocycles. The molecule has 0 spiro atoms. The van der Waals surface area contributed by atoms with Crippen LogP contribution in [0.15, 0.2) is 12.1 Å². The van der Waals surface area contributed by atoms with Crippen LogP contribution in [-0.2, 0) is 4.79 Å². The normalized spacial score (nSPS) is 12.6. The van der Waals surface area contributed by atoms with Crippen molar-refractivity contribution in [2.45, 2.75) is 13.0 Å². The lowest BCUT2D eigenvalue weighted by Crippen LogP contribution is -2.11. The van der Waals surface area contributed by atoms with Gasteiger partial charge in [0.15, 0.2) is 6.10 Å². The molecule has 5 heteroatoms. The number of carboxylic acid groups (broad SMARTS) is 1. The van der Waals surface area contributed by atoms with E-state index in [9.17, 15) is 9.90 Å². The van der Waals surface area contributed by atoms with Gasteiger partial charge in [0.1, 0.15) is 0 Å². The van der Waals surface area contributed by atoms with Gasteiger partial charge < -0.3 is 10.2 Å². The summed E-state index contributed by atoms with van der Waals surface area (Å²) in [6, 6.07) is 2.90. The second-order valence-electron chi connectivity index (χ2n) is 2.82. The van der Waals surface area contributed by atoms with Crippen LogP contribution in [0.3, 0.4) is 0 Å². The maximum Gasteiger partial charge on any atom is 0.337 e. The molecular weight excluding hydrogens is 227 g/mol. The zero-order valence-electron chi connectivity index (χ0n) is 7.29. The van der Waals surface area contributed by atoms with Crippen LogP contribution in [0, 0.1) is 6.92 Å². The molecule has 0 fully saturated rings. The number of carboxylic acids is 1. The highest BCUT2D eigenvalue weighted by Crippen LogP contribution is 2.30. The smallest absolute Gasteiger partial charge is 0.337 e. The highest BCUT2D eigenvalue weighted by molar-refractivity contribution is 6.42. The highest BCUT2D eigenvalue weighted by atomic mass is 35.5. The molecule has 0 aliphatic carbocycles. The van der Waals surface area contributed by atoms with E-state index >= 15 is 0 Å². The van der Waals surface area contributed by atoms with Crippen molar-refractivity contribution in [3.8, 4) is 0 Å². The minimum absolute atomic E-state index is 0.256. The van der Waals surface area contributed by atoms with Crippen molar-refractivity contribution in [3.63, 3.8) is 0 Å². The number of hydrogen-bond acceptors (Lipinski definition) is 2. The molecule has 0 bridgehead atoms. The van der Waals surface area contributed by atoms with Gasteiger partial charge in [0.05, 0.1) is 10.0 Å². The minimum Gasteiger partial charge on any atom is -0.479 e. The van der Waals surface area contributed by atoms with Crippen molar-refractivity contribution < 1.29 is 15.0 Å². The third-order valence-electron chi connectivity index (χ3n) is 1.91. The maximum absolute atomic E-state index is 10.5. The number of aliphatic hydroxyl groups excluding tert-OH is 1. The molecule has 3 nitrogen and oxygen atoms in total. The minimum atomic E-state index is -1.57. The summed E-state index contributed by atoms with van der Waals surface area (Å²) in [5, 5.41) is 18.5. The summed E-state index contributed by atoms with van der Waals surface area (Å²) in [6.07, 6.45) is -1.57. The average Bonchev–Trinajstić information content (AvgIpc) is 2.13. The Bertz CT molecular complexity index is 377. The van der Waals surface area contributed by atoms with Crippen molar-refractivity contribution in [3.05, 3.63) is 33.3 Å². The first kappa shape index (κ1) is 11.3. The van der Waals surface area contributed by atoms with Gasteiger partial charge in [-0.3, -0.25) is 0 Å². The molecule has 1 rings (SSSR count). The Labute approximate surface area is 90.9 Å². The molecule has 0 aliphatic heterocycles. The van der Waals surface area contributed by atoms with Gasteiger partial charge in [-0.2, -0.15) is 0 Å². The summed E-state index contributed by atoms with van der Waals surface area (Å²) in [7, 11) is 0. The van der Waals surface area contributed by atoms with Gasteiger partial charge in [0.2, 0.25) is 0 Å². The Morgan fingerprint density at radius 3 is 2.50 bits per heavy atom. The number of halogens is 2. The van der Waals surface area contributed by atoms with E-state index in [1.165, 1.54) is 12.1 Å².